The second-order valence-corrected chi connectivity index (χ2v) is 8.49. The van der Waals surface area contributed by atoms with Crippen LogP contribution in [0.1, 0.15) is 25.7 Å². The van der Waals surface area contributed by atoms with E-state index in [1.54, 1.807) is 24.3 Å². The molecular formula is C16H24ClN2O3S+. The van der Waals surface area contributed by atoms with E-state index in [0.717, 1.165) is 45.6 Å². The van der Waals surface area contributed by atoms with Gasteiger partial charge in [0.1, 0.15) is 19.1 Å². The molecule has 0 bridgehead atoms. The second-order valence-electron chi connectivity index (χ2n) is 6.34. The van der Waals surface area contributed by atoms with E-state index in [1.807, 2.05) is 0 Å². The van der Waals surface area contributed by atoms with Crippen molar-refractivity contribution in [2.75, 3.05) is 26.3 Å². The Morgan fingerprint density at radius 2 is 1.74 bits per heavy atom. The number of ether oxygens (including phenoxy) is 1. The Bertz CT molecular complexity index is 615. The van der Waals surface area contributed by atoms with Gasteiger partial charge in [-0.15, -0.1) is 0 Å². The van der Waals surface area contributed by atoms with Crippen LogP contribution in [-0.2, 0) is 14.8 Å². The Labute approximate surface area is 143 Å². The molecule has 0 amide bonds. The van der Waals surface area contributed by atoms with Crippen LogP contribution in [0.2, 0.25) is 5.02 Å². The number of hydrogen-bond donors (Lipinski definition) is 2. The zero-order chi connectivity index (χ0) is 16.3. The highest BCUT2D eigenvalue weighted by molar-refractivity contribution is 7.89. The van der Waals surface area contributed by atoms with Crippen molar-refractivity contribution >= 4 is 21.6 Å². The standard InChI is InChI=1S/C16H23ClN2O3S/c17-13-5-7-14(8-6-13)23(20,21)18-15-3-1-2-4-16(15)19-9-11-22-12-10-19/h5-8,15-16,18H,1-4,9-12H2/p+1/t15-,16-/m1/s1. The summed E-state index contributed by atoms with van der Waals surface area (Å²) in [4.78, 5) is 1.75. The summed E-state index contributed by atoms with van der Waals surface area (Å²) in [6.07, 6.45) is 4.23. The number of hydrogen-bond acceptors (Lipinski definition) is 3. The van der Waals surface area contributed by atoms with E-state index in [4.69, 9.17) is 16.3 Å². The molecule has 0 unspecified atom stereocenters. The normalized spacial score (nSPS) is 27.0. The third-order valence-corrected chi connectivity index (χ3v) is 6.61. The molecule has 1 heterocycles. The van der Waals surface area contributed by atoms with Gasteiger partial charge in [-0.3, -0.25) is 0 Å². The van der Waals surface area contributed by atoms with Crippen LogP contribution in [-0.4, -0.2) is 46.8 Å². The second kappa shape index (κ2) is 7.49. The summed E-state index contributed by atoms with van der Waals surface area (Å²) >= 11 is 5.85. The molecule has 0 aromatic heterocycles. The fourth-order valence-corrected chi connectivity index (χ4v) is 5.08. The lowest BCUT2D eigenvalue weighted by Crippen LogP contribution is -3.19. The van der Waals surface area contributed by atoms with Crippen molar-refractivity contribution in [1.82, 2.24) is 4.72 Å². The number of sulfonamides is 1. The van der Waals surface area contributed by atoms with Crippen LogP contribution in [0.3, 0.4) is 0 Å². The molecule has 5 nitrogen and oxygen atoms in total. The van der Waals surface area contributed by atoms with Crippen LogP contribution in [0.5, 0.6) is 0 Å². The third kappa shape index (κ3) is 4.25. The minimum atomic E-state index is -3.50. The van der Waals surface area contributed by atoms with Gasteiger partial charge in [-0.25, -0.2) is 13.1 Å². The molecule has 2 atom stereocenters. The highest BCUT2D eigenvalue weighted by Gasteiger charge is 2.36. The topological polar surface area (TPSA) is 59.8 Å². The maximum absolute atomic E-state index is 12.7. The van der Waals surface area contributed by atoms with Crippen molar-refractivity contribution in [3.05, 3.63) is 29.3 Å². The summed E-state index contributed by atoms with van der Waals surface area (Å²) in [6, 6.07) is 6.68. The van der Waals surface area contributed by atoms with Crippen LogP contribution in [0.4, 0.5) is 0 Å². The number of nitrogens with one attached hydrogen (secondary N) is 2. The van der Waals surface area contributed by atoms with Gasteiger partial charge in [-0.2, -0.15) is 0 Å². The van der Waals surface area contributed by atoms with Crippen LogP contribution < -0.4 is 9.62 Å². The molecule has 2 fully saturated rings. The lowest BCUT2D eigenvalue weighted by Gasteiger charge is -2.38. The van der Waals surface area contributed by atoms with E-state index in [9.17, 15) is 8.42 Å². The van der Waals surface area contributed by atoms with Gasteiger partial charge in [0, 0.05) is 11.4 Å². The van der Waals surface area contributed by atoms with E-state index in [-0.39, 0.29) is 10.9 Å². The molecule has 23 heavy (non-hydrogen) atoms. The van der Waals surface area contributed by atoms with Crippen LogP contribution in [0, 0.1) is 0 Å². The van der Waals surface area contributed by atoms with Gasteiger partial charge in [0.25, 0.3) is 0 Å². The Hall–Kier alpha value is -0.660. The van der Waals surface area contributed by atoms with Gasteiger partial charge in [-0.05, 0) is 37.1 Å². The third-order valence-electron chi connectivity index (χ3n) is 4.86. The Morgan fingerprint density at radius 3 is 2.43 bits per heavy atom. The molecule has 7 heteroatoms. The summed E-state index contributed by atoms with van der Waals surface area (Å²) in [6.45, 7) is 3.46. The molecule has 1 aliphatic heterocycles. The average Bonchev–Trinajstić information content (AvgIpc) is 2.56. The molecular weight excluding hydrogens is 336 g/mol. The van der Waals surface area contributed by atoms with Gasteiger partial charge in [0.05, 0.1) is 24.2 Å². The Balaban J connectivity index is 1.74. The van der Waals surface area contributed by atoms with Gasteiger partial charge < -0.3 is 9.64 Å². The lowest BCUT2D eigenvalue weighted by molar-refractivity contribution is -0.935. The van der Waals surface area contributed by atoms with E-state index in [2.05, 4.69) is 4.72 Å². The minimum Gasteiger partial charge on any atom is -0.370 e. The summed E-state index contributed by atoms with van der Waals surface area (Å²) in [5.74, 6) is 0. The molecule has 0 spiro atoms. The van der Waals surface area contributed by atoms with Crippen molar-refractivity contribution in [2.45, 2.75) is 42.7 Å². The molecule has 3 rings (SSSR count). The maximum atomic E-state index is 12.7. The van der Waals surface area contributed by atoms with E-state index in [0.29, 0.717) is 11.1 Å². The number of rotatable bonds is 4. The molecule has 2 aliphatic rings. The van der Waals surface area contributed by atoms with Crippen molar-refractivity contribution in [2.24, 2.45) is 0 Å². The van der Waals surface area contributed by atoms with Crippen molar-refractivity contribution in [3.63, 3.8) is 0 Å². The van der Waals surface area contributed by atoms with Crippen molar-refractivity contribution in [1.29, 1.82) is 0 Å². The quantitative estimate of drug-likeness (QED) is 0.837. The Kier molecular flexibility index (Phi) is 5.59. The van der Waals surface area contributed by atoms with E-state index >= 15 is 0 Å². The molecule has 1 saturated heterocycles. The first-order valence-corrected chi connectivity index (χ1v) is 10.1. The van der Waals surface area contributed by atoms with E-state index in [1.165, 1.54) is 11.3 Å². The molecule has 1 saturated carbocycles. The van der Waals surface area contributed by atoms with Crippen molar-refractivity contribution < 1.29 is 18.1 Å². The summed E-state index contributed by atoms with van der Waals surface area (Å²) < 4.78 is 33.7. The highest BCUT2D eigenvalue weighted by atomic mass is 35.5. The maximum Gasteiger partial charge on any atom is 0.241 e. The largest absolute Gasteiger partial charge is 0.370 e. The number of halogens is 1. The Morgan fingerprint density at radius 1 is 1.09 bits per heavy atom. The SMILES string of the molecule is O=S(=O)(N[C@@H]1CCCC[C@H]1[NH+]1CCOCC1)c1ccc(Cl)cc1. The van der Waals surface area contributed by atoms with E-state index < -0.39 is 10.0 Å². The molecule has 1 aromatic carbocycles. The fraction of sp³-hybridized carbons (Fsp3) is 0.625. The summed E-state index contributed by atoms with van der Waals surface area (Å²) in [5.41, 5.74) is 0. The zero-order valence-corrected chi connectivity index (χ0v) is 14.7. The summed E-state index contributed by atoms with van der Waals surface area (Å²) in [5, 5.41) is 0.539. The molecule has 1 aliphatic carbocycles. The molecule has 128 valence electrons. The lowest BCUT2D eigenvalue weighted by atomic mass is 9.89. The van der Waals surface area contributed by atoms with Gasteiger partial charge in [0.15, 0.2) is 0 Å². The van der Waals surface area contributed by atoms with Gasteiger partial charge in [0.2, 0.25) is 10.0 Å². The predicted octanol–water partition coefficient (Wildman–Crippen LogP) is 0.845. The van der Waals surface area contributed by atoms with Gasteiger partial charge >= 0.3 is 0 Å². The number of morpholine rings is 1. The predicted molar refractivity (Wildman–Crippen MR) is 89.3 cm³/mol. The van der Waals surface area contributed by atoms with Crippen molar-refractivity contribution in [3.8, 4) is 0 Å². The van der Waals surface area contributed by atoms with Crippen LogP contribution in [0.15, 0.2) is 29.2 Å². The molecule has 0 radical (unpaired) electrons. The number of quaternary nitrogens is 1. The highest BCUT2D eigenvalue weighted by Crippen LogP contribution is 2.20. The van der Waals surface area contributed by atoms with Crippen LogP contribution >= 0.6 is 11.6 Å². The zero-order valence-electron chi connectivity index (χ0n) is 13.1. The summed E-state index contributed by atoms with van der Waals surface area (Å²) in [7, 11) is -3.50. The first-order chi connectivity index (χ1) is 11.1. The van der Waals surface area contributed by atoms with Crippen LogP contribution in [0.25, 0.3) is 0 Å². The first kappa shape index (κ1) is 17.2. The smallest absolute Gasteiger partial charge is 0.241 e. The first-order valence-electron chi connectivity index (χ1n) is 8.26. The fourth-order valence-electron chi connectivity index (χ4n) is 3.65. The monoisotopic (exact) mass is 359 g/mol. The average molecular weight is 360 g/mol. The minimum absolute atomic E-state index is 0.00229. The van der Waals surface area contributed by atoms with Gasteiger partial charge in [-0.1, -0.05) is 18.0 Å². The molecule has 2 N–H and O–H groups in total. The molecule has 1 aromatic rings. The number of benzene rings is 1.